The monoisotopic (exact) mass is 1050 g/mol. The summed E-state index contributed by atoms with van der Waals surface area (Å²) < 4.78 is 0. The van der Waals surface area contributed by atoms with Crippen LogP contribution < -0.4 is 78.5 Å². The molecule has 0 amide bonds. The lowest BCUT2D eigenvalue weighted by molar-refractivity contribution is 1.15. The number of nitrogens with zero attached hydrogens (tertiary/aromatic N) is 5. The van der Waals surface area contributed by atoms with E-state index in [1.807, 2.05) is 11.3 Å². The van der Waals surface area contributed by atoms with Gasteiger partial charge in [0.15, 0.2) is 0 Å². The molecule has 21 rings (SSSR count). The molecule has 11 aromatic carbocycles. The molecule has 0 bridgehead atoms. The normalized spacial score (nSPS) is 14.9. The topological polar surface area (TPSA) is 64.3 Å². The third-order valence-electron chi connectivity index (χ3n) is 19.2. The van der Waals surface area contributed by atoms with Gasteiger partial charge in [0.1, 0.15) is 0 Å². The zero-order valence-corrected chi connectivity index (χ0v) is 44.9. The highest BCUT2D eigenvalue weighted by Crippen LogP contribution is 2.67. The van der Waals surface area contributed by atoms with Gasteiger partial charge in [0.05, 0.1) is 108 Å². The van der Waals surface area contributed by atoms with Crippen molar-refractivity contribution in [2.45, 2.75) is 20.8 Å². The van der Waals surface area contributed by atoms with Gasteiger partial charge < -0.3 is 45.8 Å². The second kappa shape index (κ2) is 14.0. The molecular weight excluding hydrogens is 1010 g/mol. The summed E-state index contributed by atoms with van der Waals surface area (Å²) in [6.45, 7) is 6.83. The minimum absolute atomic E-state index is 0.0786. The number of nitrogens with one attached hydrogen (secondary N) is 4. The van der Waals surface area contributed by atoms with Gasteiger partial charge in [-0.05, 0) is 131 Å². The van der Waals surface area contributed by atoms with Crippen LogP contribution >= 0.6 is 11.3 Å². The van der Waals surface area contributed by atoms with Crippen molar-refractivity contribution >= 4 is 210 Å². The summed E-state index contributed by atoms with van der Waals surface area (Å²) in [6.07, 6.45) is 0. The Labute approximate surface area is 471 Å². The third kappa shape index (κ3) is 4.75. The lowest BCUT2D eigenvalue weighted by Gasteiger charge is -2.54. The van der Waals surface area contributed by atoms with Gasteiger partial charge in [-0.15, -0.1) is 11.3 Å². The van der Waals surface area contributed by atoms with Crippen LogP contribution in [0.3, 0.4) is 0 Å². The molecule has 9 aliphatic rings. The van der Waals surface area contributed by atoms with Crippen LogP contribution in [0.1, 0.15) is 15.3 Å². The first-order valence-electron chi connectivity index (χ1n) is 28.2. The van der Waals surface area contributed by atoms with Crippen LogP contribution in [0.4, 0.5) is 131 Å². The van der Waals surface area contributed by atoms with Crippen molar-refractivity contribution in [3.63, 3.8) is 0 Å². The molecule has 12 aromatic rings. The number of hydrogen-bond donors (Lipinski definition) is 4. The van der Waals surface area contributed by atoms with Gasteiger partial charge >= 0.3 is 0 Å². The van der Waals surface area contributed by atoms with Gasteiger partial charge in [0.2, 0.25) is 0 Å². The molecule has 0 unspecified atom stereocenters. The number of thiophene rings is 1. The molecule has 0 atom stereocenters. The zero-order chi connectivity index (χ0) is 52.6. The molecule has 0 spiro atoms. The second-order valence-electron chi connectivity index (χ2n) is 23.2. The first-order chi connectivity index (χ1) is 40.0. The number of aryl methyl sites for hydroxylation is 3. The Bertz CT molecular complexity index is 5020. The quantitative estimate of drug-likeness (QED) is 0.130. The van der Waals surface area contributed by atoms with Crippen LogP contribution in [0, 0.1) is 20.8 Å². The average molecular weight is 1050 g/mol. The maximum absolute atomic E-state index is 4.19. The van der Waals surface area contributed by atoms with Crippen LogP contribution in [0.15, 0.2) is 182 Å². The third-order valence-corrected chi connectivity index (χ3v) is 20.2. The van der Waals surface area contributed by atoms with Gasteiger partial charge in [0.25, 0.3) is 13.4 Å². The van der Waals surface area contributed by atoms with Crippen LogP contribution in [0.25, 0.3) is 21.5 Å². The lowest BCUT2D eigenvalue weighted by Crippen LogP contribution is -2.66. The van der Waals surface area contributed by atoms with Crippen molar-refractivity contribution in [1.29, 1.82) is 0 Å². The van der Waals surface area contributed by atoms with Crippen molar-refractivity contribution < 1.29 is 0 Å². The largest absolute Gasteiger partial charge is 0.352 e. The first kappa shape index (κ1) is 42.0. The highest BCUT2D eigenvalue weighted by atomic mass is 32.1. The fraction of sp³-hybridized carbons (Fsp3) is 0.0435. The fourth-order valence-corrected chi connectivity index (χ4v) is 17.4. The molecule has 0 aliphatic carbocycles. The zero-order valence-electron chi connectivity index (χ0n) is 44.1. The van der Waals surface area contributed by atoms with Crippen molar-refractivity contribution in [3.8, 4) is 0 Å². The molecule has 0 radical (unpaired) electrons. The maximum atomic E-state index is 4.19. The number of rotatable bonds is 3. The summed E-state index contributed by atoms with van der Waals surface area (Å²) in [6, 6.07) is 68.4. The van der Waals surface area contributed by atoms with E-state index in [1.54, 1.807) is 0 Å². The molecule has 0 saturated heterocycles. The van der Waals surface area contributed by atoms with E-state index in [0.29, 0.717) is 0 Å². The molecule has 1 aromatic heterocycles. The highest BCUT2D eigenvalue weighted by molar-refractivity contribution is 7.13. The second-order valence-corrected chi connectivity index (χ2v) is 24.6. The Morgan fingerprint density at radius 2 is 0.802 bits per heavy atom. The van der Waals surface area contributed by atoms with Crippen LogP contribution in [0.2, 0.25) is 0 Å². The molecule has 0 saturated carbocycles. The lowest BCUT2D eigenvalue weighted by atomic mass is 9.30. The SMILES string of the molecule is Cc1cc2c3c4c1Nc1cccc5c1N4c1c(cc4ccccc4c1N5)B3c1ccc3c4c1N2c1c(C)sc(C)c1N4c1cc(N(c2ccccc2)c2ccccc2)c2c4c1B3c1cc3ccccc3c3c1N4c1c(cccc1N3)N2. The summed E-state index contributed by atoms with van der Waals surface area (Å²) in [5.74, 6) is 0. The van der Waals surface area contributed by atoms with Gasteiger partial charge in [0, 0.05) is 43.3 Å². The Balaban J connectivity index is 0.930. The minimum atomic E-state index is -0.125. The Morgan fingerprint density at radius 3 is 1.32 bits per heavy atom. The summed E-state index contributed by atoms with van der Waals surface area (Å²) in [7, 11) is 0. The molecule has 9 nitrogen and oxygen atoms in total. The van der Waals surface area contributed by atoms with E-state index >= 15 is 0 Å². The Hall–Kier alpha value is -10.0. The van der Waals surface area contributed by atoms with E-state index in [4.69, 9.17) is 0 Å². The Morgan fingerprint density at radius 1 is 0.358 bits per heavy atom. The summed E-state index contributed by atoms with van der Waals surface area (Å²) >= 11 is 1.92. The van der Waals surface area contributed by atoms with E-state index in [2.05, 4.69) is 249 Å². The molecule has 4 N–H and O–H groups in total. The standard InChI is InChI=1S/C69H43B2N9S/c1-34-30-51-54-68-56(34)72-47-24-14-25-48-66(47)79(68)62-45(31-37-16-10-12-22-41(37)57(62)73-48)70(54)43-28-29-44-65-64(43)77(51)60-35(2)81-36(3)61(60)78(65)52-33-53(76(39-18-6-4-7-19-39)40-20-8-5-9-21-40)59-69-55(52)71(44)46-32-38-17-11-13-23-42(38)58-63(46)80(69)67-49(74-58)26-15-27-50(67)75-59/h4-33,72-75H,1-3H3. The summed E-state index contributed by atoms with van der Waals surface area (Å²) in [4.78, 5) is 15.8. The Kier molecular flexibility index (Phi) is 7.28. The highest BCUT2D eigenvalue weighted by Gasteiger charge is 2.56. The fourth-order valence-electron chi connectivity index (χ4n) is 16.4. The van der Waals surface area contributed by atoms with E-state index in [1.165, 1.54) is 144 Å². The summed E-state index contributed by atoms with van der Waals surface area (Å²) in [5.41, 5.74) is 36.2. The summed E-state index contributed by atoms with van der Waals surface area (Å²) in [5, 5.41) is 21.3. The first-order valence-corrected chi connectivity index (χ1v) is 29.0. The number of para-hydroxylation sites is 4. The van der Waals surface area contributed by atoms with Crippen molar-refractivity contribution in [2.24, 2.45) is 0 Å². The number of fused-ring (bicyclic) bond motifs is 13. The number of anilines is 23. The molecule has 376 valence electrons. The number of benzene rings is 11. The maximum Gasteiger partial charge on any atom is 0.252 e. The van der Waals surface area contributed by atoms with Crippen molar-refractivity contribution in [3.05, 3.63) is 197 Å². The van der Waals surface area contributed by atoms with Gasteiger partial charge in [-0.1, -0.05) is 121 Å². The van der Waals surface area contributed by atoms with Crippen LogP contribution in [-0.2, 0) is 0 Å². The average Bonchev–Trinajstić information content (AvgIpc) is 3.97. The van der Waals surface area contributed by atoms with Crippen LogP contribution in [0.5, 0.6) is 0 Å². The van der Waals surface area contributed by atoms with Crippen LogP contribution in [-0.4, -0.2) is 13.4 Å². The molecule has 81 heavy (non-hydrogen) atoms. The van der Waals surface area contributed by atoms with Crippen molar-refractivity contribution in [2.75, 3.05) is 45.8 Å². The smallest absolute Gasteiger partial charge is 0.252 e. The molecule has 12 heteroatoms. The van der Waals surface area contributed by atoms with Gasteiger partial charge in [-0.3, -0.25) is 0 Å². The van der Waals surface area contributed by atoms with E-state index in [9.17, 15) is 0 Å². The van der Waals surface area contributed by atoms with Crippen molar-refractivity contribution in [1.82, 2.24) is 0 Å². The molecular formula is C69H43B2N9S. The van der Waals surface area contributed by atoms with Gasteiger partial charge in [-0.2, -0.15) is 0 Å². The molecule has 10 heterocycles. The van der Waals surface area contributed by atoms with E-state index in [-0.39, 0.29) is 13.4 Å². The molecule has 0 fully saturated rings. The number of hydrogen-bond acceptors (Lipinski definition) is 10. The molecule has 9 aliphatic heterocycles. The predicted octanol–water partition coefficient (Wildman–Crippen LogP) is 15.2. The minimum Gasteiger partial charge on any atom is -0.352 e. The predicted molar refractivity (Wildman–Crippen MR) is 343 cm³/mol. The van der Waals surface area contributed by atoms with Gasteiger partial charge in [-0.25, -0.2) is 0 Å². The van der Waals surface area contributed by atoms with E-state index in [0.717, 1.165) is 56.9 Å². The van der Waals surface area contributed by atoms with E-state index < -0.39 is 0 Å².